The van der Waals surface area contributed by atoms with Crippen LogP contribution in [0.25, 0.3) is 0 Å². The zero-order valence-electron chi connectivity index (χ0n) is 10.2. The minimum Gasteiger partial charge on any atom is -0.506 e. The number of azo groups is 1. The van der Waals surface area contributed by atoms with Gasteiger partial charge in [-0.3, -0.25) is 0 Å². The van der Waals surface area contributed by atoms with Crippen LogP contribution in [-0.4, -0.2) is 19.8 Å². The normalized spacial score (nSPS) is 11.8. The van der Waals surface area contributed by atoms with E-state index in [9.17, 15) is 13.5 Å². The van der Waals surface area contributed by atoms with Gasteiger partial charge in [-0.1, -0.05) is 18.2 Å². The van der Waals surface area contributed by atoms with Gasteiger partial charge >= 0.3 is 0 Å². The highest BCUT2D eigenvalue weighted by Crippen LogP contribution is 2.30. The first-order valence-corrected chi connectivity index (χ1v) is 7.36. The minimum atomic E-state index is -3.34. The molecule has 0 aliphatic heterocycles. The molecule has 0 unspecified atom stereocenters. The first-order valence-electron chi connectivity index (χ1n) is 5.47. The molecule has 5 nitrogen and oxygen atoms in total. The van der Waals surface area contributed by atoms with E-state index in [0.29, 0.717) is 5.69 Å². The number of rotatable bonds is 3. The minimum absolute atomic E-state index is 0.0901. The van der Waals surface area contributed by atoms with Crippen LogP contribution in [0.3, 0.4) is 0 Å². The van der Waals surface area contributed by atoms with Crippen LogP contribution in [0.5, 0.6) is 5.75 Å². The second-order valence-electron chi connectivity index (χ2n) is 3.96. The predicted molar refractivity (Wildman–Crippen MR) is 71.8 cm³/mol. The van der Waals surface area contributed by atoms with Gasteiger partial charge in [-0.15, -0.1) is 5.11 Å². The number of benzene rings is 2. The third-order valence-corrected chi connectivity index (χ3v) is 3.51. The van der Waals surface area contributed by atoms with E-state index in [4.69, 9.17) is 0 Å². The molecule has 0 aromatic heterocycles. The lowest BCUT2D eigenvalue weighted by atomic mass is 10.3. The lowest BCUT2D eigenvalue weighted by Gasteiger charge is -2.01. The fourth-order valence-electron chi connectivity index (χ4n) is 1.42. The van der Waals surface area contributed by atoms with Gasteiger partial charge in [0.1, 0.15) is 11.4 Å². The fourth-order valence-corrected chi connectivity index (χ4v) is 2.06. The quantitative estimate of drug-likeness (QED) is 0.874. The number of phenols is 1. The Balaban J connectivity index is 2.38. The number of aromatic hydroxyl groups is 1. The van der Waals surface area contributed by atoms with E-state index in [-0.39, 0.29) is 16.3 Å². The summed E-state index contributed by atoms with van der Waals surface area (Å²) < 4.78 is 22.8. The molecule has 1 N–H and O–H groups in total. The molecule has 6 heteroatoms. The van der Waals surface area contributed by atoms with E-state index in [2.05, 4.69) is 10.2 Å². The molecule has 0 spiro atoms. The average molecular weight is 276 g/mol. The Morgan fingerprint density at radius 2 is 1.68 bits per heavy atom. The highest BCUT2D eigenvalue weighted by atomic mass is 32.2. The number of hydrogen-bond acceptors (Lipinski definition) is 5. The molecular formula is C13H12N2O3S. The van der Waals surface area contributed by atoms with E-state index in [0.717, 1.165) is 6.26 Å². The third kappa shape index (κ3) is 3.38. The molecule has 0 saturated carbocycles. The van der Waals surface area contributed by atoms with Gasteiger partial charge in [-0.25, -0.2) is 8.42 Å². The fraction of sp³-hybridized carbons (Fsp3) is 0.0769. The molecule has 0 aliphatic carbocycles. The maximum atomic E-state index is 11.4. The highest BCUT2D eigenvalue weighted by Gasteiger charge is 2.10. The van der Waals surface area contributed by atoms with E-state index in [1.807, 2.05) is 6.07 Å². The summed E-state index contributed by atoms with van der Waals surface area (Å²) in [6.45, 7) is 0. The van der Waals surface area contributed by atoms with Crippen LogP contribution < -0.4 is 0 Å². The summed E-state index contributed by atoms with van der Waals surface area (Å²) in [5.74, 6) is -0.118. The first kappa shape index (κ1) is 13.2. The van der Waals surface area contributed by atoms with Crippen molar-refractivity contribution < 1.29 is 13.5 Å². The van der Waals surface area contributed by atoms with Crippen molar-refractivity contribution in [3.05, 3.63) is 48.5 Å². The maximum Gasteiger partial charge on any atom is 0.175 e. The van der Waals surface area contributed by atoms with Crippen molar-refractivity contribution in [3.63, 3.8) is 0 Å². The Labute approximate surface area is 111 Å². The number of phenolic OH excluding ortho intramolecular Hbond substituents is 1. The largest absolute Gasteiger partial charge is 0.506 e. The van der Waals surface area contributed by atoms with Gasteiger partial charge in [-0.05, 0) is 30.3 Å². The molecule has 0 amide bonds. The summed E-state index contributed by atoms with van der Waals surface area (Å²) >= 11 is 0. The summed E-state index contributed by atoms with van der Waals surface area (Å²) in [5.41, 5.74) is 0.735. The van der Waals surface area contributed by atoms with Gasteiger partial charge in [-0.2, -0.15) is 5.11 Å². The van der Waals surface area contributed by atoms with Crippen molar-refractivity contribution in [2.45, 2.75) is 4.90 Å². The standard InChI is InChI=1S/C13H12N2O3S/c1-19(17,18)11-7-8-13(16)12(9-11)15-14-10-5-3-2-4-6-10/h2-9,16H,1H3. The average Bonchev–Trinajstić information content (AvgIpc) is 2.37. The molecule has 0 saturated heterocycles. The molecule has 0 bridgehead atoms. The summed E-state index contributed by atoms with van der Waals surface area (Å²) in [5, 5.41) is 17.4. The highest BCUT2D eigenvalue weighted by molar-refractivity contribution is 7.90. The molecule has 0 aliphatic rings. The lowest BCUT2D eigenvalue weighted by Crippen LogP contribution is -1.95. The summed E-state index contributed by atoms with van der Waals surface area (Å²) in [6.07, 6.45) is 1.09. The molecule has 2 aromatic rings. The topological polar surface area (TPSA) is 79.1 Å². The number of nitrogens with zero attached hydrogens (tertiary/aromatic N) is 2. The van der Waals surface area contributed by atoms with E-state index in [1.54, 1.807) is 24.3 Å². The van der Waals surface area contributed by atoms with Crippen LogP contribution in [0.4, 0.5) is 11.4 Å². The molecule has 19 heavy (non-hydrogen) atoms. The molecule has 2 rings (SSSR count). The Bertz CT molecular complexity index is 710. The van der Waals surface area contributed by atoms with Gasteiger partial charge in [0.05, 0.1) is 10.6 Å². The Hall–Kier alpha value is -2.21. The Kier molecular flexibility index (Phi) is 3.62. The lowest BCUT2D eigenvalue weighted by molar-refractivity contribution is 0.476. The third-order valence-electron chi connectivity index (χ3n) is 2.40. The summed E-state index contributed by atoms with van der Waals surface area (Å²) in [4.78, 5) is 0.0901. The molecule has 0 radical (unpaired) electrons. The molecule has 2 aromatic carbocycles. The van der Waals surface area contributed by atoms with Crippen LogP contribution in [0.1, 0.15) is 0 Å². The van der Waals surface area contributed by atoms with Crippen LogP contribution in [0.2, 0.25) is 0 Å². The maximum absolute atomic E-state index is 11.4. The van der Waals surface area contributed by atoms with Crippen molar-refractivity contribution in [3.8, 4) is 5.75 Å². The second kappa shape index (κ2) is 5.19. The molecule has 0 fully saturated rings. The van der Waals surface area contributed by atoms with Gasteiger partial charge in [0.15, 0.2) is 9.84 Å². The van der Waals surface area contributed by atoms with Crippen molar-refractivity contribution in [2.24, 2.45) is 10.2 Å². The van der Waals surface area contributed by atoms with E-state index in [1.165, 1.54) is 18.2 Å². The van der Waals surface area contributed by atoms with Crippen molar-refractivity contribution in [1.29, 1.82) is 0 Å². The SMILES string of the molecule is CS(=O)(=O)c1ccc(O)c(N=Nc2ccccc2)c1. The summed E-state index contributed by atoms with van der Waals surface area (Å²) in [6, 6.07) is 12.9. The van der Waals surface area contributed by atoms with Gasteiger partial charge < -0.3 is 5.11 Å². The van der Waals surface area contributed by atoms with Crippen molar-refractivity contribution in [1.82, 2.24) is 0 Å². The van der Waals surface area contributed by atoms with Crippen molar-refractivity contribution >= 4 is 21.2 Å². The molecular weight excluding hydrogens is 264 g/mol. The van der Waals surface area contributed by atoms with E-state index >= 15 is 0 Å². The Morgan fingerprint density at radius 3 is 2.32 bits per heavy atom. The zero-order valence-corrected chi connectivity index (χ0v) is 11.0. The van der Waals surface area contributed by atoms with E-state index < -0.39 is 9.84 Å². The first-order chi connectivity index (χ1) is 8.97. The zero-order chi connectivity index (χ0) is 13.9. The predicted octanol–water partition coefficient (Wildman–Crippen LogP) is 3.21. The molecule has 0 atom stereocenters. The number of sulfone groups is 1. The second-order valence-corrected chi connectivity index (χ2v) is 5.97. The number of hydrogen-bond donors (Lipinski definition) is 1. The molecule has 98 valence electrons. The van der Waals surface area contributed by atoms with Crippen LogP contribution in [-0.2, 0) is 9.84 Å². The van der Waals surface area contributed by atoms with Crippen molar-refractivity contribution in [2.75, 3.05) is 6.26 Å². The van der Waals surface area contributed by atoms with Crippen LogP contribution >= 0.6 is 0 Å². The van der Waals surface area contributed by atoms with Crippen LogP contribution in [0, 0.1) is 0 Å². The Morgan fingerprint density at radius 1 is 1.00 bits per heavy atom. The monoisotopic (exact) mass is 276 g/mol. The van der Waals surface area contributed by atoms with Crippen LogP contribution in [0.15, 0.2) is 63.7 Å². The smallest absolute Gasteiger partial charge is 0.175 e. The van der Waals surface area contributed by atoms with Gasteiger partial charge in [0, 0.05) is 6.26 Å². The molecule has 0 heterocycles. The van der Waals surface area contributed by atoms with Gasteiger partial charge in [0.25, 0.3) is 0 Å². The van der Waals surface area contributed by atoms with Gasteiger partial charge in [0.2, 0.25) is 0 Å². The summed E-state index contributed by atoms with van der Waals surface area (Å²) in [7, 11) is -3.34.